The monoisotopic (exact) mass is 384 g/mol. The molecule has 4 heteroatoms. The highest BCUT2D eigenvalue weighted by Gasteiger charge is 2.22. The summed E-state index contributed by atoms with van der Waals surface area (Å²) in [5.74, 6) is 0.464. The van der Waals surface area contributed by atoms with Crippen LogP contribution in [-0.4, -0.2) is 25.3 Å². The van der Waals surface area contributed by atoms with E-state index in [0.717, 1.165) is 29.7 Å². The minimum absolute atomic E-state index is 0.309. The predicted molar refractivity (Wildman–Crippen MR) is 111 cm³/mol. The van der Waals surface area contributed by atoms with Crippen LogP contribution in [0.1, 0.15) is 50.7 Å². The van der Waals surface area contributed by atoms with Gasteiger partial charge in [-0.05, 0) is 30.5 Å². The maximum absolute atomic E-state index is 12.4. The Morgan fingerprint density at radius 1 is 0.929 bits per heavy atom. The summed E-state index contributed by atoms with van der Waals surface area (Å²) >= 11 is 0. The molecule has 0 amide bonds. The fraction of sp³-hybridized carbons (Fsp3) is 0.458. The topological polar surface area (TPSA) is 44.8 Å². The van der Waals surface area contributed by atoms with Crippen LogP contribution in [0.4, 0.5) is 0 Å². The molecule has 0 aliphatic heterocycles. The molecule has 0 fully saturated rings. The van der Waals surface area contributed by atoms with Crippen molar-refractivity contribution in [2.24, 2.45) is 0 Å². The highest BCUT2D eigenvalue weighted by molar-refractivity contribution is 5.75. The van der Waals surface area contributed by atoms with E-state index in [4.69, 9.17) is 14.2 Å². The lowest BCUT2D eigenvalue weighted by Gasteiger charge is -2.18. The number of rotatable bonds is 13. The number of ether oxygens (including phenoxy) is 3. The van der Waals surface area contributed by atoms with Gasteiger partial charge in [0.15, 0.2) is 6.10 Å². The molecule has 0 saturated carbocycles. The Hall–Kier alpha value is -2.33. The smallest absolute Gasteiger partial charge is 0.335 e. The van der Waals surface area contributed by atoms with Crippen molar-refractivity contribution in [1.82, 2.24) is 0 Å². The third kappa shape index (κ3) is 7.73. The highest BCUT2D eigenvalue weighted by atomic mass is 16.6. The molecule has 0 radical (unpaired) electrons. The number of hydrogen-bond acceptors (Lipinski definition) is 4. The minimum Gasteiger partial charge on any atom is -0.489 e. The van der Waals surface area contributed by atoms with Crippen molar-refractivity contribution in [2.75, 3.05) is 13.2 Å². The van der Waals surface area contributed by atoms with Crippen molar-refractivity contribution < 1.29 is 19.0 Å². The van der Waals surface area contributed by atoms with Crippen LogP contribution in [0.3, 0.4) is 0 Å². The van der Waals surface area contributed by atoms with Crippen LogP contribution in [0.15, 0.2) is 54.6 Å². The molecule has 28 heavy (non-hydrogen) atoms. The Balaban J connectivity index is 2.00. The third-order valence-corrected chi connectivity index (χ3v) is 4.48. The van der Waals surface area contributed by atoms with E-state index in [-0.39, 0.29) is 5.97 Å². The van der Waals surface area contributed by atoms with E-state index in [2.05, 4.69) is 6.92 Å². The van der Waals surface area contributed by atoms with Gasteiger partial charge >= 0.3 is 5.97 Å². The number of carbonyl (C=O) groups excluding carboxylic acids is 1. The number of unbranched alkanes of at least 4 members (excludes halogenated alkanes) is 3. The van der Waals surface area contributed by atoms with Gasteiger partial charge in [-0.1, -0.05) is 74.7 Å². The molecular weight excluding hydrogens is 352 g/mol. The summed E-state index contributed by atoms with van der Waals surface area (Å²) < 4.78 is 17.1. The molecule has 0 aliphatic carbocycles. The second-order valence-corrected chi connectivity index (χ2v) is 6.76. The molecule has 152 valence electrons. The van der Waals surface area contributed by atoms with Gasteiger partial charge in [-0.2, -0.15) is 0 Å². The molecule has 2 aromatic carbocycles. The molecular formula is C24H32O4. The van der Waals surface area contributed by atoms with Gasteiger partial charge < -0.3 is 14.2 Å². The van der Waals surface area contributed by atoms with Crippen molar-refractivity contribution in [3.05, 3.63) is 65.7 Å². The third-order valence-electron chi connectivity index (χ3n) is 4.48. The average molecular weight is 385 g/mol. The zero-order chi connectivity index (χ0) is 20.0. The summed E-state index contributed by atoms with van der Waals surface area (Å²) in [5.41, 5.74) is 2.05. The maximum Gasteiger partial charge on any atom is 0.335 e. The molecule has 1 unspecified atom stereocenters. The number of benzene rings is 2. The van der Waals surface area contributed by atoms with Gasteiger partial charge in [0.05, 0.1) is 6.61 Å². The lowest BCUT2D eigenvalue weighted by Crippen LogP contribution is -2.29. The molecule has 0 aromatic heterocycles. The molecule has 2 rings (SSSR count). The zero-order valence-corrected chi connectivity index (χ0v) is 17.1. The SMILES string of the molecule is CCCCCCOC(Cc1ccccc1OCc1ccccc1)C(=O)OCC. The van der Waals surface area contributed by atoms with Gasteiger partial charge in [-0.3, -0.25) is 0 Å². The molecule has 0 N–H and O–H groups in total. The van der Waals surface area contributed by atoms with Gasteiger partial charge in [-0.25, -0.2) is 4.79 Å². The van der Waals surface area contributed by atoms with E-state index < -0.39 is 6.10 Å². The number of carbonyl (C=O) groups is 1. The van der Waals surface area contributed by atoms with E-state index in [9.17, 15) is 4.79 Å². The van der Waals surface area contributed by atoms with Crippen LogP contribution < -0.4 is 4.74 Å². The summed E-state index contributed by atoms with van der Waals surface area (Å²) in [6, 6.07) is 17.8. The summed E-state index contributed by atoms with van der Waals surface area (Å²) in [6.07, 6.45) is 4.26. The first-order valence-corrected chi connectivity index (χ1v) is 10.3. The van der Waals surface area contributed by atoms with Crippen LogP contribution in [0, 0.1) is 0 Å². The lowest BCUT2D eigenvalue weighted by atomic mass is 10.1. The number of esters is 1. The Labute approximate surface area is 168 Å². The summed E-state index contributed by atoms with van der Waals surface area (Å²) in [6.45, 7) is 5.39. The molecule has 1 atom stereocenters. The molecule has 0 aliphatic rings. The molecule has 4 nitrogen and oxygen atoms in total. The summed E-state index contributed by atoms with van der Waals surface area (Å²) in [4.78, 5) is 12.4. The first kappa shape index (κ1) is 22.0. The molecule has 0 bridgehead atoms. The Morgan fingerprint density at radius 2 is 1.68 bits per heavy atom. The Kier molecular flexibility index (Phi) is 10.2. The lowest BCUT2D eigenvalue weighted by molar-refractivity contribution is -0.156. The number of hydrogen-bond donors (Lipinski definition) is 0. The van der Waals surface area contributed by atoms with Gasteiger partial charge in [0.1, 0.15) is 12.4 Å². The summed E-state index contributed by atoms with van der Waals surface area (Å²) in [5, 5.41) is 0. The fourth-order valence-corrected chi connectivity index (χ4v) is 2.95. The van der Waals surface area contributed by atoms with Crippen LogP contribution in [0.2, 0.25) is 0 Å². The van der Waals surface area contributed by atoms with Gasteiger partial charge in [0.25, 0.3) is 0 Å². The Morgan fingerprint density at radius 3 is 2.43 bits per heavy atom. The second-order valence-electron chi connectivity index (χ2n) is 6.76. The van der Waals surface area contributed by atoms with Crippen molar-refractivity contribution >= 4 is 5.97 Å². The van der Waals surface area contributed by atoms with Crippen molar-refractivity contribution in [1.29, 1.82) is 0 Å². The fourth-order valence-electron chi connectivity index (χ4n) is 2.95. The van der Waals surface area contributed by atoms with E-state index in [1.54, 1.807) is 0 Å². The summed E-state index contributed by atoms with van der Waals surface area (Å²) in [7, 11) is 0. The average Bonchev–Trinajstić information content (AvgIpc) is 2.73. The van der Waals surface area contributed by atoms with E-state index >= 15 is 0 Å². The molecule has 0 spiro atoms. The number of para-hydroxylation sites is 1. The van der Waals surface area contributed by atoms with E-state index in [0.29, 0.717) is 26.2 Å². The first-order chi connectivity index (χ1) is 13.7. The van der Waals surface area contributed by atoms with Crippen molar-refractivity contribution in [3.63, 3.8) is 0 Å². The Bertz CT molecular complexity index is 684. The van der Waals surface area contributed by atoms with E-state index in [1.165, 1.54) is 12.8 Å². The quantitative estimate of drug-likeness (QED) is 0.345. The van der Waals surface area contributed by atoms with Crippen molar-refractivity contribution in [2.45, 2.75) is 58.7 Å². The van der Waals surface area contributed by atoms with Gasteiger partial charge in [-0.15, -0.1) is 0 Å². The molecule has 2 aromatic rings. The highest BCUT2D eigenvalue weighted by Crippen LogP contribution is 2.22. The minimum atomic E-state index is -0.608. The van der Waals surface area contributed by atoms with Crippen LogP contribution in [0.5, 0.6) is 5.75 Å². The zero-order valence-electron chi connectivity index (χ0n) is 17.1. The van der Waals surface area contributed by atoms with Gasteiger partial charge in [0.2, 0.25) is 0 Å². The standard InChI is InChI=1S/C24H32O4/c1-3-5-6-12-17-27-23(24(25)26-4-2)18-21-15-10-11-16-22(21)28-19-20-13-8-7-9-14-20/h7-11,13-16,23H,3-6,12,17-19H2,1-2H3. The normalized spacial score (nSPS) is 11.8. The largest absolute Gasteiger partial charge is 0.489 e. The second kappa shape index (κ2) is 12.9. The van der Waals surface area contributed by atoms with E-state index in [1.807, 2.05) is 61.5 Å². The molecule has 0 saturated heterocycles. The van der Waals surface area contributed by atoms with Crippen LogP contribution in [-0.2, 0) is 27.3 Å². The van der Waals surface area contributed by atoms with Crippen molar-refractivity contribution in [3.8, 4) is 5.75 Å². The van der Waals surface area contributed by atoms with Crippen LogP contribution >= 0.6 is 0 Å². The first-order valence-electron chi connectivity index (χ1n) is 10.3. The van der Waals surface area contributed by atoms with Crippen LogP contribution in [0.25, 0.3) is 0 Å². The predicted octanol–water partition coefficient (Wildman–Crippen LogP) is 5.34. The van der Waals surface area contributed by atoms with Gasteiger partial charge in [0, 0.05) is 13.0 Å². The maximum atomic E-state index is 12.4. The molecule has 0 heterocycles.